The molecule has 168 valence electrons. The fourth-order valence-electron chi connectivity index (χ4n) is 3.33. The van der Waals surface area contributed by atoms with E-state index in [-0.39, 0.29) is 21.8 Å². The number of sulfonamides is 1. The normalized spacial score (nSPS) is 12.4. The number of amides is 1. The molecule has 0 saturated carbocycles. The summed E-state index contributed by atoms with van der Waals surface area (Å²) in [6.07, 6.45) is 6.84. The molecule has 0 saturated heterocycles. The van der Waals surface area contributed by atoms with Crippen LogP contribution in [-0.2, 0) is 16.6 Å². The molecule has 3 rings (SSSR count). The number of hydrogen-bond donors (Lipinski definition) is 0. The number of para-hydroxylation sites is 1. The molecule has 32 heavy (non-hydrogen) atoms. The number of nitrogens with zero attached hydrogens (tertiary/aromatic N) is 3. The van der Waals surface area contributed by atoms with Crippen molar-refractivity contribution in [2.45, 2.75) is 38.1 Å². The van der Waals surface area contributed by atoms with Gasteiger partial charge in [-0.25, -0.2) is 12.8 Å². The molecule has 9 heteroatoms. The number of carbonyl (C=O) groups is 1. The second-order valence-electron chi connectivity index (χ2n) is 7.11. The predicted octanol–water partition coefficient (Wildman–Crippen LogP) is 4.03. The van der Waals surface area contributed by atoms with Gasteiger partial charge in [-0.1, -0.05) is 37.2 Å². The average Bonchev–Trinajstić information content (AvgIpc) is 3.12. The summed E-state index contributed by atoms with van der Waals surface area (Å²) in [6, 6.07) is 10.3. The molecule has 0 aliphatic rings. The van der Waals surface area contributed by atoms with E-state index in [0.717, 1.165) is 11.3 Å². The molecule has 1 aromatic heterocycles. The number of benzene rings is 2. The molecule has 6 nitrogen and oxygen atoms in total. The van der Waals surface area contributed by atoms with Gasteiger partial charge in [-0.2, -0.15) is 9.30 Å². The van der Waals surface area contributed by atoms with E-state index in [0.29, 0.717) is 36.1 Å². The summed E-state index contributed by atoms with van der Waals surface area (Å²) in [5.41, 5.74) is 0.530. The van der Waals surface area contributed by atoms with Crippen molar-refractivity contribution in [3.63, 3.8) is 0 Å². The maximum atomic E-state index is 14.3. The first-order chi connectivity index (χ1) is 15.3. The molecule has 0 aliphatic carbocycles. The van der Waals surface area contributed by atoms with Crippen LogP contribution in [-0.4, -0.2) is 36.3 Å². The Morgan fingerprint density at radius 3 is 2.41 bits per heavy atom. The largest absolute Gasteiger partial charge is 0.302 e. The van der Waals surface area contributed by atoms with Gasteiger partial charge >= 0.3 is 0 Å². The zero-order valence-corrected chi connectivity index (χ0v) is 19.5. The van der Waals surface area contributed by atoms with Crippen LogP contribution in [0.25, 0.3) is 10.2 Å². The van der Waals surface area contributed by atoms with Crippen molar-refractivity contribution in [3.05, 3.63) is 58.6 Å². The van der Waals surface area contributed by atoms with E-state index in [1.165, 1.54) is 39.2 Å². The summed E-state index contributed by atoms with van der Waals surface area (Å²) in [6.45, 7) is 4.78. The number of fused-ring (bicyclic) bond motifs is 1. The van der Waals surface area contributed by atoms with Gasteiger partial charge in [0, 0.05) is 18.7 Å². The van der Waals surface area contributed by atoms with Crippen molar-refractivity contribution >= 4 is 37.5 Å². The Hall–Kier alpha value is -2.80. The molecule has 0 atom stereocenters. The Labute approximate surface area is 191 Å². The third-order valence-electron chi connectivity index (χ3n) is 4.78. The summed E-state index contributed by atoms with van der Waals surface area (Å²) >= 11 is 1.16. The van der Waals surface area contributed by atoms with E-state index in [1.807, 2.05) is 13.8 Å². The minimum Gasteiger partial charge on any atom is -0.302 e. The third-order valence-corrected chi connectivity index (χ3v) is 7.74. The van der Waals surface area contributed by atoms with Crippen molar-refractivity contribution in [3.8, 4) is 12.3 Å². The number of carbonyl (C=O) groups excluding carboxylic acids is 1. The van der Waals surface area contributed by atoms with Crippen LogP contribution in [0.2, 0.25) is 0 Å². The Morgan fingerprint density at radius 2 is 1.81 bits per heavy atom. The maximum absolute atomic E-state index is 14.3. The van der Waals surface area contributed by atoms with Gasteiger partial charge < -0.3 is 4.57 Å². The Bertz CT molecular complexity index is 1330. The number of hydrogen-bond acceptors (Lipinski definition) is 4. The fraction of sp³-hybridized carbons (Fsp3) is 0.304. The summed E-state index contributed by atoms with van der Waals surface area (Å²) in [7, 11) is -3.64. The van der Waals surface area contributed by atoms with E-state index >= 15 is 0 Å². The van der Waals surface area contributed by atoms with E-state index < -0.39 is 21.7 Å². The van der Waals surface area contributed by atoms with Gasteiger partial charge in [0.15, 0.2) is 4.80 Å². The van der Waals surface area contributed by atoms with Crippen LogP contribution in [0.4, 0.5) is 4.39 Å². The first-order valence-electron chi connectivity index (χ1n) is 10.2. The van der Waals surface area contributed by atoms with Gasteiger partial charge in [0.05, 0.1) is 21.7 Å². The van der Waals surface area contributed by atoms with Crippen molar-refractivity contribution in [2.75, 3.05) is 13.1 Å². The highest BCUT2D eigenvalue weighted by molar-refractivity contribution is 7.89. The second kappa shape index (κ2) is 10.2. The molecule has 3 aromatic rings. The third kappa shape index (κ3) is 4.83. The van der Waals surface area contributed by atoms with Crippen LogP contribution in [0.1, 0.15) is 37.0 Å². The molecule has 1 heterocycles. The summed E-state index contributed by atoms with van der Waals surface area (Å²) in [4.78, 5) is 17.3. The first kappa shape index (κ1) is 23.9. The van der Waals surface area contributed by atoms with E-state index in [1.54, 1.807) is 12.1 Å². The molecule has 0 bridgehead atoms. The Balaban J connectivity index is 1.97. The minimum atomic E-state index is -3.64. The smallest absolute Gasteiger partial charge is 0.279 e. The van der Waals surface area contributed by atoms with Gasteiger partial charge in [-0.05, 0) is 49.2 Å². The molecule has 0 fully saturated rings. The Kier molecular flexibility index (Phi) is 7.61. The van der Waals surface area contributed by atoms with Crippen LogP contribution in [0.5, 0.6) is 0 Å². The van der Waals surface area contributed by atoms with E-state index in [4.69, 9.17) is 6.42 Å². The average molecular weight is 474 g/mol. The van der Waals surface area contributed by atoms with Crippen molar-refractivity contribution < 1.29 is 17.6 Å². The lowest BCUT2D eigenvalue weighted by atomic mass is 10.2. The zero-order valence-electron chi connectivity index (χ0n) is 17.9. The molecule has 1 amide bonds. The fourth-order valence-corrected chi connectivity index (χ4v) is 6.00. The minimum absolute atomic E-state index is 0.0644. The van der Waals surface area contributed by atoms with E-state index in [2.05, 4.69) is 10.9 Å². The first-order valence-corrected chi connectivity index (χ1v) is 12.5. The highest BCUT2D eigenvalue weighted by Gasteiger charge is 2.23. The van der Waals surface area contributed by atoms with Gasteiger partial charge in [-0.15, -0.1) is 6.42 Å². The van der Waals surface area contributed by atoms with Gasteiger partial charge in [-0.3, -0.25) is 4.79 Å². The van der Waals surface area contributed by atoms with Crippen LogP contribution in [0.3, 0.4) is 0 Å². The van der Waals surface area contributed by atoms with Crippen molar-refractivity contribution in [2.24, 2.45) is 4.99 Å². The quantitative estimate of drug-likeness (QED) is 0.464. The number of rotatable bonds is 8. The summed E-state index contributed by atoms with van der Waals surface area (Å²) in [5.74, 6) is 1.45. The SMILES string of the molecule is C#CCn1c(=NC(=O)c2ccc(S(=O)(=O)N(CCC)CCC)cc2)sc2cccc(F)c21. The number of terminal acetylenes is 1. The molecule has 0 unspecified atom stereocenters. The zero-order chi connectivity index (χ0) is 23.3. The molecule has 0 N–H and O–H groups in total. The molecular weight excluding hydrogens is 449 g/mol. The predicted molar refractivity (Wildman–Crippen MR) is 124 cm³/mol. The second-order valence-corrected chi connectivity index (χ2v) is 10.1. The van der Waals surface area contributed by atoms with Crippen LogP contribution in [0, 0.1) is 18.2 Å². The van der Waals surface area contributed by atoms with Gasteiger partial charge in [0.25, 0.3) is 5.91 Å². The molecule has 0 radical (unpaired) electrons. The summed E-state index contributed by atoms with van der Waals surface area (Å²) in [5, 5.41) is 0. The highest BCUT2D eigenvalue weighted by Crippen LogP contribution is 2.21. The lowest BCUT2D eigenvalue weighted by Gasteiger charge is -2.21. The standard InChI is InChI=1S/C23H24FN3O3S2/c1-4-14-26(15-5-2)32(29,30)18-12-10-17(11-13-18)22(28)25-23-27(16-6-3)21-19(24)8-7-9-20(21)31-23/h3,7-13H,4-5,14-16H2,1-2H3. The van der Waals surface area contributed by atoms with Crippen LogP contribution < -0.4 is 4.80 Å². The summed E-state index contributed by atoms with van der Waals surface area (Å²) < 4.78 is 43.7. The monoisotopic (exact) mass is 473 g/mol. The Morgan fingerprint density at radius 1 is 1.16 bits per heavy atom. The number of halogens is 1. The van der Waals surface area contributed by atoms with Crippen LogP contribution >= 0.6 is 11.3 Å². The molecule has 0 spiro atoms. The lowest BCUT2D eigenvalue weighted by molar-refractivity contribution is 0.0997. The lowest BCUT2D eigenvalue weighted by Crippen LogP contribution is -2.32. The maximum Gasteiger partial charge on any atom is 0.279 e. The van der Waals surface area contributed by atoms with Gasteiger partial charge in [0.2, 0.25) is 10.0 Å². The highest BCUT2D eigenvalue weighted by atomic mass is 32.2. The van der Waals surface area contributed by atoms with E-state index in [9.17, 15) is 17.6 Å². The number of aromatic nitrogens is 1. The van der Waals surface area contributed by atoms with Gasteiger partial charge in [0.1, 0.15) is 5.82 Å². The topological polar surface area (TPSA) is 71.7 Å². The van der Waals surface area contributed by atoms with Crippen molar-refractivity contribution in [1.82, 2.24) is 8.87 Å². The van der Waals surface area contributed by atoms with Crippen LogP contribution in [0.15, 0.2) is 52.4 Å². The molecule has 2 aromatic carbocycles. The van der Waals surface area contributed by atoms with Crippen molar-refractivity contribution in [1.29, 1.82) is 0 Å². The molecular formula is C23H24FN3O3S2. The molecule has 0 aliphatic heterocycles. The number of thiazole rings is 1.